The molecule has 144 valence electrons. The highest BCUT2D eigenvalue weighted by atomic mass is 32.1. The second-order valence-corrected chi connectivity index (χ2v) is 6.96. The van der Waals surface area contributed by atoms with Gasteiger partial charge < -0.3 is 14.6 Å². The van der Waals surface area contributed by atoms with Crippen molar-refractivity contribution in [1.29, 1.82) is 0 Å². The molecule has 0 bridgehead atoms. The molecule has 7 nitrogen and oxygen atoms in total. The molecule has 28 heavy (non-hydrogen) atoms. The Kier molecular flexibility index (Phi) is 6.23. The molecule has 0 aliphatic carbocycles. The van der Waals surface area contributed by atoms with Crippen molar-refractivity contribution in [2.24, 2.45) is 5.10 Å². The van der Waals surface area contributed by atoms with E-state index in [0.717, 1.165) is 21.7 Å². The highest BCUT2D eigenvalue weighted by molar-refractivity contribution is 7.15. The first-order valence-electron chi connectivity index (χ1n) is 8.41. The number of carboxylic acid groups (broad SMARTS) is 1. The first kappa shape index (κ1) is 19.4. The summed E-state index contributed by atoms with van der Waals surface area (Å²) >= 11 is 1.53. The molecule has 0 amide bonds. The summed E-state index contributed by atoms with van der Waals surface area (Å²) in [6.45, 7) is 1.59. The third kappa shape index (κ3) is 4.86. The van der Waals surface area contributed by atoms with Crippen molar-refractivity contribution in [2.45, 2.75) is 6.92 Å². The van der Waals surface area contributed by atoms with E-state index in [0.29, 0.717) is 16.6 Å². The molecule has 0 saturated heterocycles. The minimum Gasteiger partial charge on any atom is -0.493 e. The van der Waals surface area contributed by atoms with E-state index in [9.17, 15) is 4.79 Å². The van der Waals surface area contributed by atoms with Gasteiger partial charge in [0.15, 0.2) is 18.1 Å². The molecule has 0 spiro atoms. The summed E-state index contributed by atoms with van der Waals surface area (Å²) < 4.78 is 10.4. The number of methoxy groups -OCH3 is 1. The van der Waals surface area contributed by atoms with Gasteiger partial charge in [0.2, 0.25) is 5.13 Å². The number of rotatable bonds is 8. The Balaban J connectivity index is 1.68. The second-order valence-electron chi connectivity index (χ2n) is 5.75. The predicted octanol–water partition coefficient (Wildman–Crippen LogP) is 4.04. The Labute approximate surface area is 166 Å². The number of hydrogen-bond acceptors (Lipinski definition) is 7. The topological polar surface area (TPSA) is 93.0 Å². The van der Waals surface area contributed by atoms with Crippen LogP contribution < -0.4 is 14.9 Å². The minimum absolute atomic E-state index is 0.359. The molecule has 0 fully saturated rings. The van der Waals surface area contributed by atoms with Crippen molar-refractivity contribution in [2.75, 3.05) is 19.1 Å². The Bertz CT molecular complexity index is 986. The zero-order chi connectivity index (χ0) is 19.9. The molecule has 2 aromatic carbocycles. The van der Waals surface area contributed by atoms with Gasteiger partial charge in [-0.25, -0.2) is 9.78 Å². The molecule has 3 aromatic rings. The van der Waals surface area contributed by atoms with Gasteiger partial charge in [0, 0.05) is 10.4 Å². The van der Waals surface area contributed by atoms with E-state index < -0.39 is 12.6 Å². The van der Waals surface area contributed by atoms with Crippen LogP contribution in [0.4, 0.5) is 5.13 Å². The fourth-order valence-electron chi connectivity index (χ4n) is 2.49. The number of ether oxygens (including phenoxy) is 2. The van der Waals surface area contributed by atoms with Crippen LogP contribution in [-0.4, -0.2) is 36.0 Å². The first-order chi connectivity index (χ1) is 13.6. The van der Waals surface area contributed by atoms with Gasteiger partial charge in [0.05, 0.1) is 19.0 Å². The first-order valence-corrected chi connectivity index (χ1v) is 9.23. The normalized spacial score (nSPS) is 10.8. The van der Waals surface area contributed by atoms with Gasteiger partial charge in [0.25, 0.3) is 0 Å². The summed E-state index contributed by atoms with van der Waals surface area (Å²) in [6.07, 6.45) is 1.63. The molecule has 0 saturated carbocycles. The van der Waals surface area contributed by atoms with Crippen molar-refractivity contribution in [3.05, 3.63) is 59.0 Å². The highest BCUT2D eigenvalue weighted by Crippen LogP contribution is 2.30. The van der Waals surface area contributed by atoms with Gasteiger partial charge in [-0.2, -0.15) is 5.10 Å². The maximum absolute atomic E-state index is 10.6. The zero-order valence-electron chi connectivity index (χ0n) is 15.4. The number of aliphatic carboxylic acids is 1. The van der Waals surface area contributed by atoms with E-state index in [1.807, 2.05) is 37.3 Å². The van der Waals surface area contributed by atoms with Gasteiger partial charge in [-0.1, -0.05) is 30.3 Å². The number of thiazole rings is 1. The van der Waals surface area contributed by atoms with E-state index in [4.69, 9.17) is 14.6 Å². The van der Waals surface area contributed by atoms with Crippen LogP contribution in [0.5, 0.6) is 11.5 Å². The van der Waals surface area contributed by atoms with E-state index >= 15 is 0 Å². The number of hydrazone groups is 1. The summed E-state index contributed by atoms with van der Waals surface area (Å²) in [4.78, 5) is 16.3. The molecule has 8 heteroatoms. The van der Waals surface area contributed by atoms with Crippen LogP contribution in [0.15, 0.2) is 53.6 Å². The molecule has 2 N–H and O–H groups in total. The Morgan fingerprint density at radius 1 is 1.25 bits per heavy atom. The van der Waals surface area contributed by atoms with Crippen LogP contribution in [0, 0.1) is 6.92 Å². The summed E-state index contributed by atoms with van der Waals surface area (Å²) in [5.41, 5.74) is 5.71. The van der Waals surface area contributed by atoms with E-state index in [1.54, 1.807) is 24.4 Å². The van der Waals surface area contributed by atoms with Crippen molar-refractivity contribution < 1.29 is 19.4 Å². The fraction of sp³-hybridized carbons (Fsp3) is 0.150. The standard InChI is InChI=1S/C20H19N3O4S/c1-13-19(15-6-4-3-5-7-15)22-20(28-13)23-21-11-14-8-9-16(17(10-14)26-2)27-12-18(24)25/h3-11H,12H2,1-2H3,(H,22,23)(H,24,25)/b21-11-. The van der Waals surface area contributed by atoms with Gasteiger partial charge in [-0.05, 0) is 30.7 Å². The van der Waals surface area contributed by atoms with Gasteiger partial charge in [-0.3, -0.25) is 5.43 Å². The van der Waals surface area contributed by atoms with Gasteiger partial charge >= 0.3 is 5.97 Å². The molecule has 3 rings (SSSR count). The number of nitrogens with one attached hydrogen (secondary N) is 1. The van der Waals surface area contributed by atoms with Crippen LogP contribution >= 0.6 is 11.3 Å². The van der Waals surface area contributed by atoms with Crippen LogP contribution in [0.25, 0.3) is 11.3 Å². The Morgan fingerprint density at radius 3 is 2.75 bits per heavy atom. The average molecular weight is 397 g/mol. The van der Waals surface area contributed by atoms with Crippen LogP contribution in [0.1, 0.15) is 10.4 Å². The van der Waals surface area contributed by atoms with Gasteiger partial charge in [0.1, 0.15) is 0 Å². The molecule has 0 aliphatic rings. The largest absolute Gasteiger partial charge is 0.493 e. The smallest absolute Gasteiger partial charge is 0.341 e. The Hall–Kier alpha value is -3.39. The number of carboxylic acids is 1. The lowest BCUT2D eigenvalue weighted by Gasteiger charge is -2.09. The lowest BCUT2D eigenvalue weighted by atomic mass is 10.1. The molecule has 0 radical (unpaired) electrons. The van der Waals surface area contributed by atoms with Crippen molar-refractivity contribution >= 4 is 28.7 Å². The molecule has 1 aromatic heterocycles. The molecular formula is C20H19N3O4S. The lowest BCUT2D eigenvalue weighted by Crippen LogP contribution is -2.10. The SMILES string of the molecule is COc1cc(/C=N\Nc2nc(-c3ccccc3)c(C)s2)ccc1OCC(=O)O. The quantitative estimate of drug-likeness (QED) is 0.440. The third-order valence-corrected chi connectivity index (χ3v) is 4.63. The molecule has 1 heterocycles. The summed E-state index contributed by atoms with van der Waals surface area (Å²) in [5, 5.41) is 13.6. The number of anilines is 1. The highest BCUT2D eigenvalue weighted by Gasteiger charge is 2.09. The van der Waals surface area contributed by atoms with Crippen LogP contribution in [0.2, 0.25) is 0 Å². The lowest BCUT2D eigenvalue weighted by molar-refractivity contribution is -0.139. The second kappa shape index (κ2) is 9.01. The number of benzene rings is 2. The van der Waals surface area contributed by atoms with Crippen LogP contribution in [-0.2, 0) is 4.79 Å². The Morgan fingerprint density at radius 2 is 2.04 bits per heavy atom. The van der Waals surface area contributed by atoms with Crippen LogP contribution in [0.3, 0.4) is 0 Å². The van der Waals surface area contributed by atoms with Crippen molar-refractivity contribution in [1.82, 2.24) is 4.98 Å². The number of aromatic nitrogens is 1. The monoisotopic (exact) mass is 397 g/mol. The average Bonchev–Trinajstić information content (AvgIpc) is 3.07. The predicted molar refractivity (Wildman–Crippen MR) is 110 cm³/mol. The molecule has 0 unspecified atom stereocenters. The maximum atomic E-state index is 10.6. The number of hydrogen-bond donors (Lipinski definition) is 2. The van der Waals surface area contributed by atoms with Crippen molar-refractivity contribution in [3.63, 3.8) is 0 Å². The summed E-state index contributed by atoms with van der Waals surface area (Å²) in [7, 11) is 1.49. The fourth-order valence-corrected chi connectivity index (χ4v) is 3.28. The maximum Gasteiger partial charge on any atom is 0.341 e. The molecule has 0 aliphatic heterocycles. The zero-order valence-corrected chi connectivity index (χ0v) is 16.2. The minimum atomic E-state index is -1.05. The van der Waals surface area contributed by atoms with Crippen molar-refractivity contribution in [3.8, 4) is 22.8 Å². The van der Waals surface area contributed by atoms with E-state index in [-0.39, 0.29) is 0 Å². The number of aryl methyl sites for hydroxylation is 1. The summed E-state index contributed by atoms with van der Waals surface area (Å²) in [5.74, 6) is -0.259. The molecular weight excluding hydrogens is 378 g/mol. The van der Waals surface area contributed by atoms with E-state index in [2.05, 4.69) is 15.5 Å². The number of nitrogens with zero attached hydrogens (tertiary/aromatic N) is 2. The summed E-state index contributed by atoms with van der Waals surface area (Å²) in [6, 6.07) is 15.1. The number of carbonyl (C=O) groups is 1. The van der Waals surface area contributed by atoms with E-state index in [1.165, 1.54) is 18.4 Å². The molecule has 0 atom stereocenters. The van der Waals surface area contributed by atoms with Gasteiger partial charge in [-0.15, -0.1) is 11.3 Å². The third-order valence-electron chi connectivity index (χ3n) is 3.76.